The van der Waals surface area contributed by atoms with E-state index >= 15 is 0 Å². The van der Waals surface area contributed by atoms with Crippen LogP contribution in [0.1, 0.15) is 10.5 Å². The predicted octanol–water partition coefficient (Wildman–Crippen LogP) is 3.69. The van der Waals surface area contributed by atoms with Crippen molar-refractivity contribution in [3.05, 3.63) is 77.6 Å². The minimum atomic E-state index is -4.06. The van der Waals surface area contributed by atoms with Crippen molar-refractivity contribution < 1.29 is 22.4 Å². The summed E-state index contributed by atoms with van der Waals surface area (Å²) < 4.78 is 35.7. The van der Waals surface area contributed by atoms with Crippen LogP contribution in [0.3, 0.4) is 0 Å². The number of furan rings is 1. The van der Waals surface area contributed by atoms with Crippen LogP contribution in [0.2, 0.25) is 5.02 Å². The number of carbonyl (C=O) groups excluding carboxylic acids is 1. The summed E-state index contributed by atoms with van der Waals surface area (Å²) in [6.45, 7) is 0. The second-order valence-electron chi connectivity index (χ2n) is 6.65. The molecule has 0 unspecified atom stereocenters. The molecule has 32 heavy (non-hydrogen) atoms. The Balaban J connectivity index is 1.72. The molecule has 2 heterocycles. The number of rotatable bonds is 6. The quantitative estimate of drug-likeness (QED) is 0.440. The fraction of sp³-hybridized carbons (Fsp3) is 0.0476. The third kappa shape index (κ3) is 4.37. The van der Waals surface area contributed by atoms with E-state index in [1.54, 1.807) is 42.5 Å². The Hall–Kier alpha value is -3.60. The average molecular weight is 473 g/mol. The number of benzene rings is 2. The molecule has 0 atom stereocenters. The molecule has 0 fully saturated rings. The van der Waals surface area contributed by atoms with Crippen molar-refractivity contribution in [1.82, 2.24) is 9.78 Å². The van der Waals surface area contributed by atoms with Crippen LogP contribution in [0, 0.1) is 0 Å². The first-order valence-corrected chi connectivity index (χ1v) is 11.1. The van der Waals surface area contributed by atoms with Crippen LogP contribution < -0.4 is 15.2 Å². The van der Waals surface area contributed by atoms with Gasteiger partial charge in [-0.15, -0.1) is 0 Å². The van der Waals surface area contributed by atoms with Crippen molar-refractivity contribution in [1.29, 1.82) is 0 Å². The van der Waals surface area contributed by atoms with E-state index in [4.69, 9.17) is 25.9 Å². The minimum absolute atomic E-state index is 0.0656. The first-order valence-electron chi connectivity index (χ1n) is 9.18. The van der Waals surface area contributed by atoms with Crippen molar-refractivity contribution in [2.45, 2.75) is 4.90 Å². The summed E-state index contributed by atoms with van der Waals surface area (Å²) in [5.74, 6) is -0.00237. The van der Waals surface area contributed by atoms with E-state index in [0.29, 0.717) is 22.2 Å². The maximum atomic E-state index is 12.9. The summed E-state index contributed by atoms with van der Waals surface area (Å²) in [6, 6.07) is 16.1. The van der Waals surface area contributed by atoms with E-state index < -0.39 is 15.9 Å². The number of nitrogens with one attached hydrogen (secondary N) is 1. The molecule has 0 bridgehead atoms. The molecule has 4 rings (SSSR count). The molecule has 0 radical (unpaired) electrons. The molecular formula is C21H17ClN4O5S. The Kier molecular flexibility index (Phi) is 5.74. The van der Waals surface area contributed by atoms with Gasteiger partial charge >= 0.3 is 0 Å². The van der Waals surface area contributed by atoms with Crippen LogP contribution in [0.5, 0.6) is 5.75 Å². The van der Waals surface area contributed by atoms with Gasteiger partial charge in [0, 0.05) is 16.8 Å². The second kappa shape index (κ2) is 8.50. The highest BCUT2D eigenvalue weighted by molar-refractivity contribution is 7.89. The van der Waals surface area contributed by atoms with Crippen LogP contribution in [0.4, 0.5) is 5.69 Å². The highest BCUT2D eigenvalue weighted by Gasteiger charge is 2.20. The number of primary sulfonamides is 1. The largest absolute Gasteiger partial charge is 0.495 e. The van der Waals surface area contributed by atoms with Crippen molar-refractivity contribution >= 4 is 33.2 Å². The summed E-state index contributed by atoms with van der Waals surface area (Å²) in [4.78, 5) is 12.7. The van der Waals surface area contributed by atoms with E-state index in [0.717, 1.165) is 0 Å². The monoisotopic (exact) mass is 472 g/mol. The van der Waals surface area contributed by atoms with Crippen molar-refractivity contribution in [2.75, 3.05) is 12.4 Å². The lowest BCUT2D eigenvalue weighted by Gasteiger charge is -2.09. The number of methoxy groups -OCH3 is 1. The maximum absolute atomic E-state index is 12.9. The van der Waals surface area contributed by atoms with Gasteiger partial charge in [-0.2, -0.15) is 5.10 Å². The number of sulfonamides is 1. The number of halogens is 1. The Morgan fingerprint density at radius 1 is 1.16 bits per heavy atom. The number of hydrogen-bond acceptors (Lipinski definition) is 6. The SMILES string of the molecule is COc1ccc(NC(=O)c2cc(-c3ccco3)n(-c3cccc(Cl)c3)n2)cc1S(N)(=O)=O. The van der Waals surface area contributed by atoms with Crippen molar-refractivity contribution in [3.63, 3.8) is 0 Å². The van der Waals surface area contributed by atoms with Gasteiger partial charge in [0.25, 0.3) is 5.91 Å². The molecule has 11 heteroatoms. The number of nitrogens with two attached hydrogens (primary N) is 1. The van der Waals surface area contributed by atoms with Gasteiger partial charge in [0.1, 0.15) is 16.3 Å². The Morgan fingerprint density at radius 3 is 2.62 bits per heavy atom. The number of nitrogens with zero attached hydrogens (tertiary/aromatic N) is 2. The third-order valence-corrected chi connectivity index (χ3v) is 5.66. The summed E-state index contributed by atoms with van der Waals surface area (Å²) in [7, 11) is -2.74. The highest BCUT2D eigenvalue weighted by atomic mass is 35.5. The lowest BCUT2D eigenvalue weighted by Crippen LogP contribution is -2.16. The fourth-order valence-electron chi connectivity index (χ4n) is 3.07. The second-order valence-corrected chi connectivity index (χ2v) is 8.61. The van der Waals surface area contributed by atoms with Gasteiger partial charge in [-0.25, -0.2) is 18.2 Å². The topological polar surface area (TPSA) is 129 Å². The van der Waals surface area contributed by atoms with Gasteiger partial charge in [-0.05, 0) is 48.5 Å². The molecule has 0 saturated heterocycles. The van der Waals surface area contributed by atoms with E-state index in [9.17, 15) is 13.2 Å². The van der Waals surface area contributed by atoms with Gasteiger partial charge in [-0.1, -0.05) is 17.7 Å². The summed E-state index contributed by atoms with van der Waals surface area (Å²) in [5, 5.41) is 12.8. The molecule has 3 N–H and O–H groups in total. The lowest BCUT2D eigenvalue weighted by atomic mass is 10.2. The Labute approximate surface area is 188 Å². The number of aromatic nitrogens is 2. The van der Waals surface area contributed by atoms with Crippen LogP contribution in [0.15, 0.2) is 76.2 Å². The van der Waals surface area contributed by atoms with Gasteiger partial charge in [0.15, 0.2) is 11.5 Å². The van der Waals surface area contributed by atoms with Crippen LogP contribution >= 0.6 is 11.6 Å². The number of carbonyl (C=O) groups is 1. The smallest absolute Gasteiger partial charge is 0.276 e. The number of anilines is 1. The molecule has 4 aromatic rings. The molecule has 1 amide bonds. The van der Waals surface area contributed by atoms with Crippen LogP contribution in [-0.2, 0) is 10.0 Å². The predicted molar refractivity (Wildman–Crippen MR) is 119 cm³/mol. The molecule has 0 aliphatic carbocycles. The molecule has 2 aromatic heterocycles. The van der Waals surface area contributed by atoms with Gasteiger partial charge in [-0.3, -0.25) is 4.79 Å². The zero-order valence-electron chi connectivity index (χ0n) is 16.7. The van der Waals surface area contributed by atoms with E-state index in [1.807, 2.05) is 0 Å². The first kappa shape index (κ1) is 21.6. The molecule has 0 aliphatic heterocycles. The zero-order chi connectivity index (χ0) is 22.9. The van der Waals surface area contributed by atoms with E-state index in [1.165, 1.54) is 36.3 Å². The number of ether oxygens (including phenoxy) is 1. The standard InChI is InChI=1S/C21H17ClN4O5S/c1-30-19-8-7-14(11-20(19)32(23,28)29)24-21(27)16-12-17(18-6-3-9-31-18)26(25-16)15-5-2-4-13(22)10-15/h2-12H,1H3,(H,24,27)(H2,23,28,29). The van der Waals surface area contributed by atoms with Crippen LogP contribution in [0.25, 0.3) is 17.1 Å². The first-order chi connectivity index (χ1) is 15.3. The maximum Gasteiger partial charge on any atom is 0.276 e. The summed E-state index contributed by atoms with van der Waals surface area (Å²) >= 11 is 6.11. The molecule has 0 spiro atoms. The molecule has 164 valence electrons. The summed E-state index contributed by atoms with van der Waals surface area (Å²) in [5.41, 5.74) is 1.44. The van der Waals surface area contributed by atoms with Gasteiger partial charge < -0.3 is 14.5 Å². The third-order valence-electron chi connectivity index (χ3n) is 4.50. The number of hydrogen-bond donors (Lipinski definition) is 2. The number of amides is 1. The van der Waals surface area contributed by atoms with Crippen LogP contribution in [-0.4, -0.2) is 31.2 Å². The molecule has 0 saturated carbocycles. The fourth-order valence-corrected chi connectivity index (χ4v) is 3.98. The van der Waals surface area contributed by atoms with E-state index in [-0.39, 0.29) is 22.0 Å². The molecule has 0 aliphatic rings. The van der Waals surface area contributed by atoms with Crippen molar-refractivity contribution in [3.8, 4) is 22.9 Å². The Morgan fingerprint density at radius 2 is 1.97 bits per heavy atom. The molecule has 2 aromatic carbocycles. The van der Waals surface area contributed by atoms with Crippen molar-refractivity contribution in [2.24, 2.45) is 5.14 Å². The Bertz CT molecular complexity index is 1400. The molecule has 9 nitrogen and oxygen atoms in total. The highest BCUT2D eigenvalue weighted by Crippen LogP contribution is 2.28. The van der Waals surface area contributed by atoms with Gasteiger partial charge in [0.2, 0.25) is 10.0 Å². The average Bonchev–Trinajstić information content (AvgIpc) is 3.43. The summed E-state index contributed by atoms with van der Waals surface area (Å²) in [6.07, 6.45) is 1.51. The zero-order valence-corrected chi connectivity index (χ0v) is 18.2. The van der Waals surface area contributed by atoms with E-state index in [2.05, 4.69) is 10.4 Å². The lowest BCUT2D eigenvalue weighted by molar-refractivity contribution is 0.102. The molecular weight excluding hydrogens is 456 g/mol. The minimum Gasteiger partial charge on any atom is -0.495 e. The normalized spacial score (nSPS) is 11.3. The van der Waals surface area contributed by atoms with Gasteiger partial charge in [0.05, 0.1) is 19.1 Å².